The molecule has 3 rings (SSSR count). The summed E-state index contributed by atoms with van der Waals surface area (Å²) >= 11 is 16.0. The van der Waals surface area contributed by atoms with Gasteiger partial charge in [0.2, 0.25) is 5.91 Å². The number of amides is 2. The number of benzene rings is 3. The second kappa shape index (κ2) is 11.9. The number of carbonyl (C=O) groups is 2. The van der Waals surface area contributed by atoms with Gasteiger partial charge >= 0.3 is 0 Å². The normalized spacial score (nSPS) is 12.8. The molecule has 2 amide bonds. The van der Waals surface area contributed by atoms with E-state index in [1.165, 1.54) is 4.90 Å². The topological polar surface area (TPSA) is 58.6 Å². The molecule has 0 heterocycles. The third-order valence-electron chi connectivity index (χ3n) is 5.70. The average Bonchev–Trinajstić information content (AvgIpc) is 2.82. The zero-order chi connectivity index (χ0) is 24.8. The van der Waals surface area contributed by atoms with Gasteiger partial charge < -0.3 is 15.0 Å². The van der Waals surface area contributed by atoms with Gasteiger partial charge in [-0.25, -0.2) is 0 Å². The van der Waals surface area contributed by atoms with Crippen LogP contribution in [-0.4, -0.2) is 35.4 Å². The highest BCUT2D eigenvalue weighted by atomic mass is 79.9. The molecule has 1 N–H and O–H groups in total. The summed E-state index contributed by atoms with van der Waals surface area (Å²) in [5, 5.41) is 5.91. The maximum Gasteiger partial charge on any atom is 0.261 e. The molecule has 0 unspecified atom stereocenters. The lowest BCUT2D eigenvalue weighted by molar-refractivity contribution is -0.142. The highest BCUT2D eigenvalue weighted by Gasteiger charge is 2.28. The van der Waals surface area contributed by atoms with Crippen LogP contribution >= 0.6 is 39.1 Å². The van der Waals surface area contributed by atoms with Crippen molar-refractivity contribution >= 4 is 61.7 Å². The van der Waals surface area contributed by atoms with Gasteiger partial charge in [0.15, 0.2) is 6.61 Å². The van der Waals surface area contributed by atoms with Crippen molar-refractivity contribution in [3.8, 4) is 5.75 Å². The third-order valence-corrected chi connectivity index (χ3v) is 7.11. The Morgan fingerprint density at radius 3 is 2.53 bits per heavy atom. The number of halogens is 3. The van der Waals surface area contributed by atoms with Crippen LogP contribution in [0.1, 0.15) is 32.8 Å². The van der Waals surface area contributed by atoms with E-state index in [4.69, 9.17) is 27.9 Å². The first-order valence-electron chi connectivity index (χ1n) is 11.0. The predicted molar refractivity (Wildman–Crippen MR) is 142 cm³/mol. The van der Waals surface area contributed by atoms with Gasteiger partial charge in [0, 0.05) is 22.6 Å². The Balaban J connectivity index is 1.82. The van der Waals surface area contributed by atoms with E-state index in [1.807, 2.05) is 50.2 Å². The van der Waals surface area contributed by atoms with Crippen LogP contribution in [0.2, 0.25) is 10.0 Å². The monoisotopic (exact) mass is 564 g/mol. The SMILES string of the molecule is CC[C@@H](C)NC(=O)[C@H](C)N(Cc1ccc(Cl)cc1Cl)C(=O)COc1ccc2ccccc2c1Br. The first-order chi connectivity index (χ1) is 16.2. The summed E-state index contributed by atoms with van der Waals surface area (Å²) < 4.78 is 6.65. The molecule has 0 saturated carbocycles. The van der Waals surface area contributed by atoms with Crippen LogP contribution in [0, 0.1) is 0 Å². The average molecular weight is 566 g/mol. The number of hydrogen-bond acceptors (Lipinski definition) is 3. The summed E-state index contributed by atoms with van der Waals surface area (Å²) in [5.74, 6) is -0.0224. The molecule has 0 aliphatic rings. The highest BCUT2D eigenvalue weighted by Crippen LogP contribution is 2.33. The summed E-state index contributed by atoms with van der Waals surface area (Å²) in [5.41, 5.74) is 0.689. The molecule has 0 saturated heterocycles. The fraction of sp³-hybridized carbons (Fsp3) is 0.308. The molecule has 2 atom stereocenters. The fourth-order valence-corrected chi connectivity index (χ4v) is 4.51. The molecule has 34 heavy (non-hydrogen) atoms. The van der Waals surface area contributed by atoms with E-state index in [2.05, 4.69) is 21.2 Å². The van der Waals surface area contributed by atoms with E-state index < -0.39 is 6.04 Å². The summed E-state index contributed by atoms with van der Waals surface area (Å²) in [6.07, 6.45) is 0.786. The van der Waals surface area contributed by atoms with E-state index in [1.54, 1.807) is 25.1 Å². The van der Waals surface area contributed by atoms with Crippen molar-refractivity contribution in [1.29, 1.82) is 0 Å². The molecule has 0 aliphatic carbocycles. The summed E-state index contributed by atoms with van der Waals surface area (Å²) in [6.45, 7) is 5.52. The van der Waals surface area contributed by atoms with Gasteiger partial charge in [-0.15, -0.1) is 0 Å². The van der Waals surface area contributed by atoms with Crippen LogP contribution in [0.4, 0.5) is 0 Å². The van der Waals surface area contributed by atoms with Gasteiger partial charge in [0.1, 0.15) is 11.8 Å². The van der Waals surface area contributed by atoms with Gasteiger partial charge in [0.25, 0.3) is 5.91 Å². The maximum absolute atomic E-state index is 13.3. The second-order valence-corrected chi connectivity index (χ2v) is 9.78. The van der Waals surface area contributed by atoms with Crippen LogP contribution < -0.4 is 10.1 Å². The van der Waals surface area contributed by atoms with Crippen molar-refractivity contribution in [2.24, 2.45) is 0 Å². The van der Waals surface area contributed by atoms with Crippen molar-refractivity contribution in [3.05, 3.63) is 74.7 Å². The lowest BCUT2D eigenvalue weighted by Gasteiger charge is -2.30. The van der Waals surface area contributed by atoms with Crippen molar-refractivity contribution in [2.75, 3.05) is 6.61 Å². The Bertz CT molecular complexity index is 1190. The molecule has 0 fully saturated rings. The maximum atomic E-state index is 13.3. The van der Waals surface area contributed by atoms with Crippen molar-refractivity contribution in [2.45, 2.75) is 45.8 Å². The van der Waals surface area contributed by atoms with Crippen LogP contribution in [0.3, 0.4) is 0 Å². The molecule has 8 heteroatoms. The standard InChI is InChI=1S/C26H27BrCl2N2O3/c1-4-16(2)30-26(33)17(3)31(14-19-9-11-20(28)13-22(19)29)24(32)15-34-23-12-10-18-7-5-6-8-21(18)25(23)27/h5-13,16-17H,4,14-15H2,1-3H3,(H,30,33)/t16-,17+/m1/s1. The van der Waals surface area contributed by atoms with Gasteiger partial charge in [-0.05, 0) is 70.7 Å². The summed E-state index contributed by atoms with van der Waals surface area (Å²) in [7, 11) is 0. The Morgan fingerprint density at radius 1 is 1.09 bits per heavy atom. The lowest BCUT2D eigenvalue weighted by Crippen LogP contribution is -2.50. The van der Waals surface area contributed by atoms with Crippen LogP contribution in [0.5, 0.6) is 5.75 Å². The number of hydrogen-bond donors (Lipinski definition) is 1. The van der Waals surface area contributed by atoms with Gasteiger partial charge in [0.05, 0.1) is 4.47 Å². The Hall–Kier alpha value is -2.28. The van der Waals surface area contributed by atoms with E-state index in [9.17, 15) is 9.59 Å². The van der Waals surface area contributed by atoms with E-state index in [-0.39, 0.29) is 31.0 Å². The van der Waals surface area contributed by atoms with Crippen molar-refractivity contribution in [1.82, 2.24) is 10.2 Å². The second-order valence-electron chi connectivity index (χ2n) is 8.14. The molecule has 180 valence electrons. The summed E-state index contributed by atoms with van der Waals surface area (Å²) in [4.78, 5) is 27.6. The number of rotatable bonds is 9. The number of nitrogens with one attached hydrogen (secondary N) is 1. The molecule has 0 aliphatic heterocycles. The number of carbonyl (C=O) groups excluding carboxylic acids is 2. The first-order valence-corrected chi connectivity index (χ1v) is 12.6. The molecule has 0 bridgehead atoms. The number of ether oxygens (including phenoxy) is 1. The van der Waals surface area contributed by atoms with Gasteiger partial charge in [-0.1, -0.05) is 66.5 Å². The minimum Gasteiger partial charge on any atom is -0.483 e. The van der Waals surface area contributed by atoms with Crippen molar-refractivity contribution in [3.63, 3.8) is 0 Å². The highest BCUT2D eigenvalue weighted by molar-refractivity contribution is 9.10. The molecule has 5 nitrogen and oxygen atoms in total. The van der Waals surface area contributed by atoms with Crippen LogP contribution in [0.15, 0.2) is 59.1 Å². The first kappa shape index (κ1) is 26.3. The molecular formula is C26H27BrCl2N2O3. The number of nitrogens with zero attached hydrogens (tertiary/aromatic N) is 1. The van der Waals surface area contributed by atoms with Crippen LogP contribution in [-0.2, 0) is 16.1 Å². The number of fused-ring (bicyclic) bond motifs is 1. The zero-order valence-electron chi connectivity index (χ0n) is 19.3. The predicted octanol–water partition coefficient (Wildman–Crippen LogP) is 6.62. The van der Waals surface area contributed by atoms with E-state index >= 15 is 0 Å². The smallest absolute Gasteiger partial charge is 0.261 e. The van der Waals surface area contributed by atoms with E-state index in [0.29, 0.717) is 21.4 Å². The van der Waals surface area contributed by atoms with Crippen molar-refractivity contribution < 1.29 is 14.3 Å². The Morgan fingerprint density at radius 2 is 1.82 bits per heavy atom. The van der Waals surface area contributed by atoms with Gasteiger partial charge in [-0.3, -0.25) is 9.59 Å². The quantitative estimate of drug-likeness (QED) is 0.317. The van der Waals surface area contributed by atoms with Gasteiger partial charge in [-0.2, -0.15) is 0 Å². The molecule has 0 radical (unpaired) electrons. The minimum absolute atomic E-state index is 0.00386. The third kappa shape index (κ3) is 6.44. The molecule has 0 aromatic heterocycles. The molecule has 3 aromatic rings. The fourth-order valence-electron chi connectivity index (χ4n) is 3.43. The Kier molecular flexibility index (Phi) is 9.23. The Labute approximate surface area is 218 Å². The van der Waals surface area contributed by atoms with E-state index in [0.717, 1.165) is 21.7 Å². The molecule has 3 aromatic carbocycles. The molecule has 0 spiro atoms. The molecular weight excluding hydrogens is 539 g/mol. The van der Waals surface area contributed by atoms with Crippen LogP contribution in [0.25, 0.3) is 10.8 Å². The lowest BCUT2D eigenvalue weighted by atomic mass is 10.1. The minimum atomic E-state index is -0.725. The zero-order valence-corrected chi connectivity index (χ0v) is 22.4. The summed E-state index contributed by atoms with van der Waals surface area (Å²) in [6, 6.07) is 16.0. The largest absolute Gasteiger partial charge is 0.483 e.